The lowest BCUT2D eigenvalue weighted by molar-refractivity contribution is -0.158. The van der Waals surface area contributed by atoms with Crippen molar-refractivity contribution in [2.45, 2.75) is 79.7 Å². The molecule has 0 aliphatic carbocycles. The number of carbonyl (C=O) groups is 1. The van der Waals surface area contributed by atoms with Gasteiger partial charge in [0.05, 0.1) is 23.7 Å². The lowest BCUT2D eigenvalue weighted by Crippen LogP contribution is -2.44. The van der Waals surface area contributed by atoms with Crippen LogP contribution in [0.3, 0.4) is 0 Å². The fourth-order valence-electron chi connectivity index (χ4n) is 5.72. The first-order chi connectivity index (χ1) is 23.2. The number of nitrogens with one attached hydrogen (secondary N) is 1. The van der Waals surface area contributed by atoms with Crippen molar-refractivity contribution in [1.29, 1.82) is 0 Å². The molecule has 12 heteroatoms. The van der Waals surface area contributed by atoms with Gasteiger partial charge < -0.3 is 24.3 Å². The van der Waals surface area contributed by atoms with Crippen LogP contribution in [0.2, 0.25) is 0 Å². The van der Waals surface area contributed by atoms with Crippen LogP contribution in [-0.4, -0.2) is 45.4 Å². The van der Waals surface area contributed by atoms with Crippen molar-refractivity contribution in [1.82, 2.24) is 19.6 Å². The van der Waals surface area contributed by atoms with Gasteiger partial charge in [-0.2, -0.15) is 5.09 Å². The Kier molecular flexibility index (Phi) is 11.0. The van der Waals surface area contributed by atoms with E-state index in [1.165, 1.54) is 0 Å². The van der Waals surface area contributed by atoms with E-state index in [4.69, 9.17) is 29.2 Å². The highest BCUT2D eigenvalue weighted by atomic mass is 31.2. The minimum absolute atomic E-state index is 0.0354. The molecule has 0 saturated heterocycles. The van der Waals surface area contributed by atoms with Gasteiger partial charge in [-0.1, -0.05) is 76.2 Å². The zero-order valence-electron chi connectivity index (χ0n) is 29.6. The first kappa shape index (κ1) is 36.3. The molecule has 5 aromatic rings. The van der Waals surface area contributed by atoms with Crippen LogP contribution in [0.5, 0.6) is 5.75 Å². The predicted molar refractivity (Wildman–Crippen MR) is 194 cm³/mol. The number of carbonyl (C=O) groups excluding carboxylic acids is 1. The molecule has 0 radical (unpaired) electrons. The van der Waals surface area contributed by atoms with E-state index in [9.17, 15) is 9.36 Å². The zero-order chi connectivity index (χ0) is 35.5. The van der Waals surface area contributed by atoms with Crippen molar-refractivity contribution in [3.63, 3.8) is 0 Å². The van der Waals surface area contributed by atoms with Gasteiger partial charge in [0.2, 0.25) is 0 Å². The summed E-state index contributed by atoms with van der Waals surface area (Å²) in [4.78, 5) is 22.9. The number of anilines is 1. The molecule has 5 rings (SSSR count). The molecule has 0 aliphatic heterocycles. The van der Waals surface area contributed by atoms with Crippen molar-refractivity contribution in [2.24, 2.45) is 11.8 Å². The van der Waals surface area contributed by atoms with Gasteiger partial charge in [0, 0.05) is 12.0 Å². The predicted octanol–water partition coefficient (Wildman–Crippen LogP) is 8.21. The van der Waals surface area contributed by atoms with E-state index in [-0.39, 0.29) is 25.0 Å². The summed E-state index contributed by atoms with van der Waals surface area (Å²) in [5.74, 6) is 0.380. The number of hydrogen-bond acceptors (Lipinski definition) is 9. The molecule has 0 aliphatic rings. The number of para-hydroxylation sites is 1. The van der Waals surface area contributed by atoms with Crippen LogP contribution >= 0.6 is 7.75 Å². The Morgan fingerprint density at radius 3 is 2.33 bits per heavy atom. The molecule has 0 spiro atoms. The molecule has 0 saturated carbocycles. The zero-order valence-corrected chi connectivity index (χ0v) is 30.5. The van der Waals surface area contributed by atoms with Crippen LogP contribution in [-0.2, 0) is 30.0 Å². The van der Waals surface area contributed by atoms with Gasteiger partial charge in [-0.3, -0.25) is 9.32 Å². The smallest absolute Gasteiger partial charge is 0.459 e. The van der Waals surface area contributed by atoms with Crippen LogP contribution in [0, 0.1) is 11.8 Å². The largest absolute Gasteiger partial charge is 0.459 e. The second-order valence-corrected chi connectivity index (χ2v) is 15.5. The minimum atomic E-state index is -4.25. The molecule has 0 amide bonds. The van der Waals surface area contributed by atoms with Gasteiger partial charge in [0.25, 0.3) is 0 Å². The van der Waals surface area contributed by atoms with E-state index in [0.717, 1.165) is 27.2 Å². The summed E-state index contributed by atoms with van der Waals surface area (Å²) < 4.78 is 41.2. The van der Waals surface area contributed by atoms with Crippen LogP contribution in [0.15, 0.2) is 66.7 Å². The van der Waals surface area contributed by atoms with Crippen LogP contribution < -0.4 is 15.3 Å². The third-order valence-corrected chi connectivity index (χ3v) is 9.68. The molecular weight excluding hydrogens is 641 g/mol. The number of fused-ring (bicyclic) bond motifs is 4. The van der Waals surface area contributed by atoms with E-state index < -0.39 is 31.4 Å². The Hall–Kier alpha value is -4.02. The maximum absolute atomic E-state index is 14.9. The summed E-state index contributed by atoms with van der Waals surface area (Å²) in [7, 11) is -4.25. The van der Waals surface area contributed by atoms with Crippen molar-refractivity contribution in [3.05, 3.63) is 72.6 Å². The lowest BCUT2D eigenvalue weighted by Gasteiger charge is -2.31. The number of benzene rings is 3. The molecule has 11 nitrogen and oxygen atoms in total. The summed E-state index contributed by atoms with van der Waals surface area (Å²) >= 11 is 0. The molecular formula is C37H48N5O6P. The van der Waals surface area contributed by atoms with Crippen molar-refractivity contribution < 1.29 is 27.9 Å². The van der Waals surface area contributed by atoms with Gasteiger partial charge >= 0.3 is 13.7 Å². The summed E-state index contributed by atoms with van der Waals surface area (Å²) in [5, 5.41) is 5.74. The molecule has 2 aromatic heterocycles. The summed E-state index contributed by atoms with van der Waals surface area (Å²) in [6, 6.07) is 19.6. The fraction of sp³-hybridized carbons (Fsp3) is 0.432. The molecule has 0 bridgehead atoms. The Balaban J connectivity index is 1.58. The number of aromatic nitrogens is 3. The average molecular weight is 690 g/mol. The number of pyridine rings is 1. The fourth-order valence-corrected chi connectivity index (χ4v) is 7.39. The van der Waals surface area contributed by atoms with E-state index in [0.29, 0.717) is 29.5 Å². The number of rotatable bonds is 14. The van der Waals surface area contributed by atoms with E-state index in [2.05, 4.69) is 28.5 Å². The second kappa shape index (κ2) is 14.8. The number of nitrogens with zero attached hydrogens (tertiary/aromatic N) is 3. The van der Waals surface area contributed by atoms with Crippen LogP contribution in [0.4, 0.5) is 5.82 Å². The molecule has 0 fully saturated rings. The van der Waals surface area contributed by atoms with E-state index in [1.807, 2.05) is 75.4 Å². The Morgan fingerprint density at radius 2 is 1.65 bits per heavy atom. The number of nitrogen functional groups attached to an aromatic ring is 1. The molecule has 2 heterocycles. The molecule has 3 aromatic carbocycles. The maximum atomic E-state index is 14.9. The molecule has 262 valence electrons. The third kappa shape index (κ3) is 8.41. The van der Waals surface area contributed by atoms with Gasteiger partial charge in [-0.15, -0.1) is 0 Å². The quantitative estimate of drug-likeness (QED) is 0.0866. The number of ether oxygens (including phenoxy) is 2. The monoisotopic (exact) mass is 689 g/mol. The van der Waals surface area contributed by atoms with Crippen LogP contribution in [0.1, 0.15) is 67.3 Å². The number of esters is 1. The average Bonchev–Trinajstić information content (AvgIpc) is 3.41. The minimum Gasteiger partial charge on any atom is -0.459 e. The van der Waals surface area contributed by atoms with Crippen molar-refractivity contribution >= 4 is 52.2 Å². The van der Waals surface area contributed by atoms with E-state index >= 15 is 0 Å². The standard InChI is InChI=1S/C37H48N5O6P/c1-9-45-22-31-40-33-34(28-16-12-13-17-29(28)39-35(33)38)42(31)30(23(2)3)21-46-49(44,41-32(24(4)5)36(43)47-37(6,7)8)48-27-19-18-25-14-10-11-15-26(25)20-27/h10-20,23-24,30,32H,9,21-22H2,1-8H3,(H2,38,39)(H,41,44)/t30-,32+,49+/m1/s1. The first-order valence-electron chi connectivity index (χ1n) is 16.8. The topological polar surface area (TPSA) is 140 Å². The van der Waals surface area contributed by atoms with Crippen molar-refractivity contribution in [2.75, 3.05) is 18.9 Å². The summed E-state index contributed by atoms with van der Waals surface area (Å²) in [5.41, 5.74) is 7.77. The van der Waals surface area contributed by atoms with Crippen molar-refractivity contribution in [3.8, 4) is 5.75 Å². The molecule has 49 heavy (non-hydrogen) atoms. The molecule has 3 atom stereocenters. The van der Waals surface area contributed by atoms with Gasteiger partial charge in [-0.25, -0.2) is 14.5 Å². The Bertz CT molecular complexity index is 1990. The van der Waals surface area contributed by atoms with Gasteiger partial charge in [0.15, 0.2) is 5.82 Å². The number of hydrogen-bond donors (Lipinski definition) is 2. The van der Waals surface area contributed by atoms with Crippen LogP contribution in [0.25, 0.3) is 32.7 Å². The van der Waals surface area contributed by atoms with E-state index in [1.54, 1.807) is 32.9 Å². The Morgan fingerprint density at radius 1 is 0.959 bits per heavy atom. The molecule has 3 N–H and O–H groups in total. The SMILES string of the molecule is CCOCc1nc2c(N)nc3ccccc3c2n1[C@H](CO[P@@](=O)(N[C@H](C(=O)OC(C)(C)C)C(C)C)Oc1ccc2ccccc2c1)C(C)C. The summed E-state index contributed by atoms with van der Waals surface area (Å²) in [6.07, 6.45) is 0. The van der Waals surface area contributed by atoms with Gasteiger partial charge in [0.1, 0.15) is 35.3 Å². The Labute approximate surface area is 288 Å². The maximum Gasteiger partial charge on any atom is 0.459 e. The van der Waals surface area contributed by atoms with Gasteiger partial charge in [-0.05, 0) is 68.5 Å². The first-order valence-corrected chi connectivity index (χ1v) is 18.3. The second-order valence-electron chi connectivity index (χ2n) is 13.8. The lowest BCUT2D eigenvalue weighted by atomic mass is 10.0. The summed E-state index contributed by atoms with van der Waals surface area (Å²) in [6.45, 7) is 15.7. The number of imidazole rings is 1. The number of nitrogens with two attached hydrogens (primary N) is 1. The third-order valence-electron chi connectivity index (χ3n) is 8.15. The highest BCUT2D eigenvalue weighted by Gasteiger charge is 2.39. The molecule has 0 unspecified atom stereocenters. The highest BCUT2D eigenvalue weighted by molar-refractivity contribution is 7.52. The highest BCUT2D eigenvalue weighted by Crippen LogP contribution is 2.48. The normalized spacial score (nSPS) is 14.8.